The van der Waals surface area contributed by atoms with Crippen LogP contribution in [0.25, 0.3) is 0 Å². The molecular weight excluding hydrogens is 432 g/mol. The molecular formula is C21H30N6O4S. The first kappa shape index (κ1) is 23.7. The standard InChI is InChI=1S/C21H30N6O4S/c1-3-32(30,31)14-8-7-13(2)15(11-14)25-18-16(17(22)28)19(29)27-20(26-18)24-12-21(23)9-5-4-6-10-21/h7-8,11H,3-6,9-10,12,23H2,1-2H3,(H2,22,28)(H3,24,25,26,27,29). The minimum absolute atomic E-state index is 0.0554. The molecule has 1 aromatic carbocycles. The molecule has 0 unspecified atom stereocenters. The highest BCUT2D eigenvalue weighted by atomic mass is 32.2. The van der Waals surface area contributed by atoms with E-state index in [1.54, 1.807) is 19.9 Å². The third-order valence-corrected chi connectivity index (χ3v) is 7.56. The highest BCUT2D eigenvalue weighted by Crippen LogP contribution is 2.27. The van der Waals surface area contributed by atoms with Gasteiger partial charge >= 0.3 is 0 Å². The van der Waals surface area contributed by atoms with E-state index in [9.17, 15) is 18.0 Å². The fraction of sp³-hybridized carbons (Fsp3) is 0.476. The Labute approximate surface area is 187 Å². The molecule has 7 N–H and O–H groups in total. The van der Waals surface area contributed by atoms with Crippen LogP contribution in [0.2, 0.25) is 0 Å². The van der Waals surface area contributed by atoms with E-state index in [0.29, 0.717) is 17.8 Å². The van der Waals surface area contributed by atoms with E-state index in [2.05, 4.69) is 20.6 Å². The van der Waals surface area contributed by atoms with E-state index in [1.165, 1.54) is 12.1 Å². The topological polar surface area (TPSA) is 173 Å². The number of anilines is 3. The van der Waals surface area contributed by atoms with Gasteiger partial charge in [0.1, 0.15) is 5.56 Å². The van der Waals surface area contributed by atoms with Crippen molar-refractivity contribution in [1.82, 2.24) is 9.97 Å². The first-order valence-corrected chi connectivity index (χ1v) is 12.3. The highest BCUT2D eigenvalue weighted by Gasteiger charge is 2.27. The van der Waals surface area contributed by atoms with Crippen LogP contribution < -0.4 is 27.7 Å². The monoisotopic (exact) mass is 462 g/mol. The number of nitrogens with two attached hydrogens (primary N) is 2. The van der Waals surface area contributed by atoms with Crippen LogP contribution in [0.5, 0.6) is 0 Å². The van der Waals surface area contributed by atoms with Crippen molar-refractivity contribution < 1.29 is 13.2 Å². The lowest BCUT2D eigenvalue weighted by Crippen LogP contribution is -2.48. The summed E-state index contributed by atoms with van der Waals surface area (Å²) in [6.07, 6.45) is 4.98. The van der Waals surface area contributed by atoms with Crippen molar-refractivity contribution in [3.05, 3.63) is 39.7 Å². The van der Waals surface area contributed by atoms with E-state index >= 15 is 0 Å². The van der Waals surface area contributed by atoms with Crippen LogP contribution in [0.4, 0.5) is 17.5 Å². The Bertz CT molecular complexity index is 1170. The van der Waals surface area contributed by atoms with E-state index in [1.807, 2.05) is 0 Å². The molecule has 10 nitrogen and oxygen atoms in total. The third-order valence-electron chi connectivity index (χ3n) is 5.82. The van der Waals surface area contributed by atoms with Gasteiger partial charge in [-0.2, -0.15) is 4.98 Å². The number of rotatable bonds is 8. The number of benzene rings is 1. The number of aromatic nitrogens is 2. The van der Waals surface area contributed by atoms with Crippen LogP contribution in [0.1, 0.15) is 54.9 Å². The molecule has 1 aromatic heterocycles. The Balaban J connectivity index is 1.95. The third kappa shape index (κ3) is 5.28. The van der Waals surface area contributed by atoms with Crippen LogP contribution in [0, 0.1) is 6.92 Å². The van der Waals surface area contributed by atoms with Gasteiger partial charge < -0.3 is 22.1 Å². The second-order valence-electron chi connectivity index (χ2n) is 8.28. The molecule has 1 amide bonds. The maximum absolute atomic E-state index is 12.6. The molecule has 11 heteroatoms. The predicted octanol–water partition coefficient (Wildman–Crippen LogP) is 1.79. The Morgan fingerprint density at radius 3 is 2.56 bits per heavy atom. The summed E-state index contributed by atoms with van der Waals surface area (Å²) in [5, 5.41) is 5.99. The molecule has 0 radical (unpaired) electrons. The Kier molecular flexibility index (Phi) is 6.89. The fourth-order valence-corrected chi connectivity index (χ4v) is 4.70. The molecule has 1 heterocycles. The van der Waals surface area contributed by atoms with Crippen molar-refractivity contribution in [2.45, 2.75) is 56.4 Å². The number of amides is 1. The lowest BCUT2D eigenvalue weighted by Gasteiger charge is -2.33. The zero-order valence-electron chi connectivity index (χ0n) is 18.3. The van der Waals surface area contributed by atoms with Gasteiger partial charge in [0, 0.05) is 17.8 Å². The number of hydrogen-bond donors (Lipinski definition) is 5. The van der Waals surface area contributed by atoms with Gasteiger partial charge in [0.15, 0.2) is 15.7 Å². The minimum Gasteiger partial charge on any atom is -0.365 e. The largest absolute Gasteiger partial charge is 0.365 e. The Morgan fingerprint density at radius 2 is 1.94 bits per heavy atom. The Morgan fingerprint density at radius 1 is 1.25 bits per heavy atom. The SMILES string of the molecule is CCS(=O)(=O)c1ccc(C)c(Nc2nc(NCC3(N)CCCCC3)[nH]c(=O)c2C(N)=O)c1. The van der Waals surface area contributed by atoms with Gasteiger partial charge in [0.25, 0.3) is 11.5 Å². The summed E-state index contributed by atoms with van der Waals surface area (Å²) in [6.45, 7) is 3.73. The number of sulfone groups is 1. The van der Waals surface area contributed by atoms with Crippen LogP contribution in [-0.2, 0) is 9.84 Å². The zero-order chi connectivity index (χ0) is 23.5. The van der Waals surface area contributed by atoms with Crippen LogP contribution in [0.15, 0.2) is 27.9 Å². The number of carbonyl (C=O) groups excluding carboxylic acids is 1. The molecule has 2 aromatic rings. The molecule has 1 saturated carbocycles. The Hall–Kier alpha value is -2.92. The predicted molar refractivity (Wildman–Crippen MR) is 124 cm³/mol. The van der Waals surface area contributed by atoms with E-state index in [-0.39, 0.29) is 28.0 Å². The molecule has 0 atom stereocenters. The number of primary amides is 1. The average molecular weight is 463 g/mol. The van der Waals surface area contributed by atoms with Crippen LogP contribution in [-0.4, -0.2) is 42.1 Å². The lowest BCUT2D eigenvalue weighted by atomic mass is 9.82. The molecule has 1 aliphatic carbocycles. The van der Waals surface area contributed by atoms with Crippen LogP contribution in [0.3, 0.4) is 0 Å². The second-order valence-corrected chi connectivity index (χ2v) is 10.6. The summed E-state index contributed by atoms with van der Waals surface area (Å²) < 4.78 is 24.5. The second kappa shape index (κ2) is 9.29. The summed E-state index contributed by atoms with van der Waals surface area (Å²) in [6, 6.07) is 4.60. The first-order valence-electron chi connectivity index (χ1n) is 10.6. The van der Waals surface area contributed by atoms with Gasteiger partial charge in [-0.05, 0) is 37.5 Å². The van der Waals surface area contributed by atoms with Gasteiger partial charge in [-0.15, -0.1) is 0 Å². The summed E-state index contributed by atoms with van der Waals surface area (Å²) in [5.41, 5.74) is 11.5. The average Bonchev–Trinajstić information content (AvgIpc) is 2.74. The summed E-state index contributed by atoms with van der Waals surface area (Å²) in [7, 11) is -3.45. The summed E-state index contributed by atoms with van der Waals surface area (Å²) in [5.74, 6) is -0.925. The van der Waals surface area contributed by atoms with Gasteiger partial charge in [-0.1, -0.05) is 32.3 Å². The van der Waals surface area contributed by atoms with Gasteiger partial charge in [0.05, 0.1) is 10.6 Å². The highest BCUT2D eigenvalue weighted by molar-refractivity contribution is 7.91. The number of H-pyrrole nitrogens is 1. The van der Waals surface area contributed by atoms with Crippen molar-refractivity contribution in [3.63, 3.8) is 0 Å². The van der Waals surface area contributed by atoms with E-state index < -0.39 is 26.8 Å². The lowest BCUT2D eigenvalue weighted by molar-refractivity contribution is 0.0999. The minimum atomic E-state index is -3.45. The van der Waals surface area contributed by atoms with E-state index in [0.717, 1.165) is 32.1 Å². The number of aromatic amines is 1. The summed E-state index contributed by atoms with van der Waals surface area (Å²) >= 11 is 0. The maximum atomic E-state index is 12.6. The molecule has 1 fully saturated rings. The molecule has 174 valence electrons. The number of aryl methyl sites for hydroxylation is 1. The molecule has 0 spiro atoms. The van der Waals surface area contributed by atoms with Crippen molar-refractivity contribution >= 4 is 33.2 Å². The summed E-state index contributed by atoms with van der Waals surface area (Å²) in [4.78, 5) is 31.5. The van der Waals surface area contributed by atoms with Gasteiger partial charge in [-0.25, -0.2) is 8.42 Å². The molecule has 0 saturated heterocycles. The van der Waals surface area contributed by atoms with Crippen molar-refractivity contribution in [1.29, 1.82) is 0 Å². The number of nitrogens with zero attached hydrogens (tertiary/aromatic N) is 1. The number of hydrogen-bond acceptors (Lipinski definition) is 8. The fourth-order valence-electron chi connectivity index (χ4n) is 3.79. The molecule has 32 heavy (non-hydrogen) atoms. The van der Waals surface area contributed by atoms with Crippen molar-refractivity contribution in [2.24, 2.45) is 11.5 Å². The van der Waals surface area contributed by atoms with Gasteiger partial charge in [0.2, 0.25) is 5.95 Å². The van der Waals surface area contributed by atoms with Crippen molar-refractivity contribution in [3.8, 4) is 0 Å². The number of carbonyl (C=O) groups is 1. The quantitative estimate of drug-likeness (QED) is 0.395. The van der Waals surface area contributed by atoms with Crippen molar-refractivity contribution in [2.75, 3.05) is 22.9 Å². The molecule has 0 bridgehead atoms. The zero-order valence-corrected chi connectivity index (χ0v) is 19.1. The van der Waals surface area contributed by atoms with Crippen LogP contribution >= 0.6 is 0 Å². The molecule has 3 rings (SSSR count). The number of nitrogens with one attached hydrogen (secondary N) is 3. The van der Waals surface area contributed by atoms with Gasteiger partial charge in [-0.3, -0.25) is 14.6 Å². The maximum Gasteiger partial charge on any atom is 0.267 e. The van der Waals surface area contributed by atoms with E-state index in [4.69, 9.17) is 11.5 Å². The smallest absolute Gasteiger partial charge is 0.267 e. The normalized spacial score (nSPS) is 15.8. The molecule has 0 aliphatic heterocycles. The first-order chi connectivity index (χ1) is 15.0. The molecule has 1 aliphatic rings.